The first-order valence-corrected chi connectivity index (χ1v) is 5.92. The zero-order valence-electron chi connectivity index (χ0n) is 9.41. The summed E-state index contributed by atoms with van der Waals surface area (Å²) in [6.45, 7) is 0.554. The summed E-state index contributed by atoms with van der Waals surface area (Å²) >= 11 is 0. The SMILES string of the molecule is CNC(=O)CN1C2CCCC1CC(N)C2. The Morgan fingerprint density at radius 2 is 2.00 bits per heavy atom. The Bertz CT molecular complexity index is 230. The summed E-state index contributed by atoms with van der Waals surface area (Å²) in [4.78, 5) is 13.8. The van der Waals surface area contributed by atoms with Gasteiger partial charge in [0.1, 0.15) is 0 Å². The number of fused-ring (bicyclic) bond motifs is 2. The molecule has 2 bridgehead atoms. The predicted molar refractivity (Wildman–Crippen MR) is 59.4 cm³/mol. The van der Waals surface area contributed by atoms with Crippen molar-refractivity contribution >= 4 is 5.91 Å². The molecule has 4 heteroatoms. The van der Waals surface area contributed by atoms with Gasteiger partial charge >= 0.3 is 0 Å². The van der Waals surface area contributed by atoms with Crippen LogP contribution in [0, 0.1) is 0 Å². The molecule has 2 fully saturated rings. The lowest BCUT2D eigenvalue weighted by molar-refractivity contribution is -0.124. The van der Waals surface area contributed by atoms with E-state index in [-0.39, 0.29) is 5.91 Å². The number of nitrogens with zero attached hydrogens (tertiary/aromatic N) is 1. The molecule has 2 saturated heterocycles. The van der Waals surface area contributed by atoms with E-state index < -0.39 is 0 Å². The number of nitrogens with two attached hydrogens (primary N) is 1. The molecule has 0 saturated carbocycles. The molecule has 2 aliphatic rings. The van der Waals surface area contributed by atoms with Gasteiger partial charge in [0.15, 0.2) is 0 Å². The average molecular weight is 211 g/mol. The van der Waals surface area contributed by atoms with Crippen molar-refractivity contribution in [2.75, 3.05) is 13.6 Å². The molecule has 3 N–H and O–H groups in total. The van der Waals surface area contributed by atoms with Crippen molar-refractivity contribution in [3.63, 3.8) is 0 Å². The molecule has 0 aromatic rings. The fourth-order valence-electron chi connectivity index (χ4n) is 3.02. The number of hydrogen-bond donors (Lipinski definition) is 2. The van der Waals surface area contributed by atoms with Gasteiger partial charge in [0.2, 0.25) is 5.91 Å². The minimum Gasteiger partial charge on any atom is -0.358 e. The highest BCUT2D eigenvalue weighted by Gasteiger charge is 2.37. The maximum absolute atomic E-state index is 11.4. The average Bonchev–Trinajstić information content (AvgIpc) is 2.19. The summed E-state index contributed by atoms with van der Waals surface area (Å²) in [7, 11) is 1.70. The van der Waals surface area contributed by atoms with Crippen molar-refractivity contribution < 1.29 is 4.79 Å². The quantitative estimate of drug-likeness (QED) is 0.680. The van der Waals surface area contributed by atoms with Crippen LogP contribution >= 0.6 is 0 Å². The van der Waals surface area contributed by atoms with Crippen LogP contribution in [-0.2, 0) is 4.79 Å². The first kappa shape index (κ1) is 10.9. The molecule has 1 amide bonds. The Labute approximate surface area is 91.2 Å². The molecule has 4 nitrogen and oxygen atoms in total. The molecule has 0 spiro atoms. The second-order valence-electron chi connectivity index (χ2n) is 4.82. The topological polar surface area (TPSA) is 58.4 Å². The Hall–Kier alpha value is -0.610. The molecule has 0 radical (unpaired) electrons. The van der Waals surface area contributed by atoms with E-state index in [0.717, 1.165) is 12.8 Å². The number of piperidine rings is 2. The van der Waals surface area contributed by atoms with E-state index in [9.17, 15) is 4.79 Å². The summed E-state index contributed by atoms with van der Waals surface area (Å²) < 4.78 is 0. The minimum atomic E-state index is 0.127. The number of likely N-dealkylation sites (N-methyl/N-ethyl adjacent to an activating group) is 1. The number of carbonyl (C=O) groups is 1. The van der Waals surface area contributed by atoms with Crippen LogP contribution in [0.1, 0.15) is 32.1 Å². The van der Waals surface area contributed by atoms with E-state index in [2.05, 4.69) is 10.2 Å². The van der Waals surface area contributed by atoms with E-state index in [1.54, 1.807) is 7.05 Å². The lowest BCUT2D eigenvalue weighted by Crippen LogP contribution is -2.57. The summed E-state index contributed by atoms with van der Waals surface area (Å²) in [6.07, 6.45) is 5.84. The maximum Gasteiger partial charge on any atom is 0.233 e. The van der Waals surface area contributed by atoms with Gasteiger partial charge in [-0.3, -0.25) is 9.69 Å². The fourth-order valence-corrected chi connectivity index (χ4v) is 3.02. The normalized spacial score (nSPS) is 36.3. The van der Waals surface area contributed by atoms with Crippen LogP contribution in [0.4, 0.5) is 0 Å². The van der Waals surface area contributed by atoms with Crippen molar-refractivity contribution in [1.29, 1.82) is 0 Å². The largest absolute Gasteiger partial charge is 0.358 e. The van der Waals surface area contributed by atoms with Crippen molar-refractivity contribution in [3.05, 3.63) is 0 Å². The van der Waals surface area contributed by atoms with Crippen molar-refractivity contribution in [2.45, 2.75) is 50.2 Å². The molecule has 86 valence electrons. The van der Waals surface area contributed by atoms with E-state index >= 15 is 0 Å². The van der Waals surface area contributed by atoms with Gasteiger partial charge in [-0.15, -0.1) is 0 Å². The van der Waals surface area contributed by atoms with Gasteiger partial charge in [-0.2, -0.15) is 0 Å². The van der Waals surface area contributed by atoms with Gasteiger partial charge in [-0.1, -0.05) is 6.42 Å². The van der Waals surface area contributed by atoms with Crippen molar-refractivity contribution in [2.24, 2.45) is 5.73 Å². The van der Waals surface area contributed by atoms with Crippen LogP contribution in [0.15, 0.2) is 0 Å². The number of amides is 1. The summed E-state index contributed by atoms with van der Waals surface area (Å²) in [5.74, 6) is 0.127. The highest BCUT2D eigenvalue weighted by molar-refractivity contribution is 5.77. The van der Waals surface area contributed by atoms with Gasteiger partial charge in [-0.25, -0.2) is 0 Å². The number of hydrogen-bond acceptors (Lipinski definition) is 3. The fraction of sp³-hybridized carbons (Fsp3) is 0.909. The van der Waals surface area contributed by atoms with Crippen LogP contribution in [-0.4, -0.2) is 42.5 Å². The lowest BCUT2D eigenvalue weighted by Gasteiger charge is -2.47. The van der Waals surface area contributed by atoms with Crippen LogP contribution in [0.3, 0.4) is 0 Å². The third kappa shape index (κ3) is 2.32. The molecule has 0 aromatic heterocycles. The first-order valence-electron chi connectivity index (χ1n) is 5.92. The van der Waals surface area contributed by atoms with E-state index in [4.69, 9.17) is 5.73 Å². The molecule has 2 atom stereocenters. The predicted octanol–water partition coefficient (Wildman–Crippen LogP) is 0.0766. The zero-order valence-corrected chi connectivity index (χ0v) is 9.41. The summed E-state index contributed by atoms with van der Waals surface area (Å²) in [6, 6.07) is 1.44. The molecule has 0 aliphatic carbocycles. The highest BCUT2D eigenvalue weighted by atomic mass is 16.1. The third-order valence-electron chi connectivity index (χ3n) is 3.77. The number of nitrogens with one attached hydrogen (secondary N) is 1. The Balaban J connectivity index is 2.01. The van der Waals surface area contributed by atoms with Gasteiger partial charge in [0.05, 0.1) is 6.54 Å². The maximum atomic E-state index is 11.4. The number of carbonyl (C=O) groups excluding carboxylic acids is 1. The number of rotatable bonds is 2. The molecule has 0 aromatic carbocycles. The monoisotopic (exact) mass is 211 g/mol. The first-order chi connectivity index (χ1) is 7.20. The van der Waals surface area contributed by atoms with Crippen LogP contribution in [0.2, 0.25) is 0 Å². The summed E-state index contributed by atoms with van der Waals surface area (Å²) in [5, 5.41) is 2.70. The Morgan fingerprint density at radius 1 is 1.40 bits per heavy atom. The zero-order chi connectivity index (χ0) is 10.8. The molecule has 2 heterocycles. The smallest absolute Gasteiger partial charge is 0.233 e. The highest BCUT2D eigenvalue weighted by Crippen LogP contribution is 2.32. The molecule has 15 heavy (non-hydrogen) atoms. The van der Waals surface area contributed by atoms with Crippen LogP contribution < -0.4 is 11.1 Å². The summed E-state index contributed by atoms with van der Waals surface area (Å²) in [5.41, 5.74) is 6.02. The standard InChI is InChI=1S/C11H21N3O/c1-13-11(15)7-14-9-3-2-4-10(14)6-8(12)5-9/h8-10H,2-7,12H2,1H3,(H,13,15). The molecule has 2 aliphatic heterocycles. The second kappa shape index (κ2) is 4.49. The van der Waals surface area contributed by atoms with E-state index in [0.29, 0.717) is 24.7 Å². The van der Waals surface area contributed by atoms with Crippen molar-refractivity contribution in [3.8, 4) is 0 Å². The second-order valence-corrected chi connectivity index (χ2v) is 4.82. The molecular formula is C11H21N3O. The minimum absolute atomic E-state index is 0.127. The lowest BCUT2D eigenvalue weighted by atomic mass is 9.82. The third-order valence-corrected chi connectivity index (χ3v) is 3.77. The van der Waals surface area contributed by atoms with Crippen LogP contribution in [0.25, 0.3) is 0 Å². The molecular weight excluding hydrogens is 190 g/mol. The van der Waals surface area contributed by atoms with E-state index in [1.165, 1.54) is 19.3 Å². The van der Waals surface area contributed by atoms with Gasteiger partial charge in [-0.05, 0) is 25.7 Å². The van der Waals surface area contributed by atoms with Gasteiger partial charge < -0.3 is 11.1 Å². The van der Waals surface area contributed by atoms with Gasteiger partial charge in [0, 0.05) is 25.2 Å². The van der Waals surface area contributed by atoms with Gasteiger partial charge in [0.25, 0.3) is 0 Å². The van der Waals surface area contributed by atoms with E-state index in [1.807, 2.05) is 0 Å². The molecule has 2 rings (SSSR count). The Kier molecular flexibility index (Phi) is 3.26. The van der Waals surface area contributed by atoms with Crippen LogP contribution in [0.5, 0.6) is 0 Å². The molecule has 2 unspecified atom stereocenters. The Morgan fingerprint density at radius 3 is 2.53 bits per heavy atom. The van der Waals surface area contributed by atoms with Crippen molar-refractivity contribution in [1.82, 2.24) is 10.2 Å².